The quantitative estimate of drug-likeness (QED) is 0.541. The third-order valence-electron chi connectivity index (χ3n) is 7.09. The zero-order chi connectivity index (χ0) is 22.0. The van der Waals surface area contributed by atoms with E-state index < -0.39 is 17.7 Å². The molecule has 0 spiro atoms. The lowest BCUT2D eigenvalue weighted by atomic mass is 9.57. The molecule has 8 nitrogen and oxygen atoms in total. The van der Waals surface area contributed by atoms with Crippen molar-refractivity contribution in [2.75, 3.05) is 10.6 Å². The molecule has 0 amide bonds. The molecule has 2 aromatic heterocycles. The molecule has 3 saturated heterocycles. The van der Waals surface area contributed by atoms with E-state index in [1.54, 1.807) is 0 Å². The van der Waals surface area contributed by atoms with Gasteiger partial charge in [-0.3, -0.25) is 14.8 Å². The first-order valence-corrected chi connectivity index (χ1v) is 10.9. The standard InChI is InChI=1S/C22H23F2N7O/c1-11-6-17(30-29-11)27-20-15-4-2-3-5-16(15)26-21(28-20)25-12-7-13-9-22(18(32)19(23)24)10-14(8-12)31(13)22/h2-6,12-14,19H,7-10H2,1H3,(H3,25,26,27,28,29,30). The molecule has 3 aromatic rings. The zero-order valence-electron chi connectivity index (χ0n) is 17.5. The van der Waals surface area contributed by atoms with Gasteiger partial charge in [0.15, 0.2) is 5.82 Å². The number of Topliss-reactive ketones (excluding diaryl/α,β-unsaturated/α-hetero) is 1. The largest absolute Gasteiger partial charge is 0.351 e. The number of carbonyl (C=O) groups is 1. The number of benzene rings is 1. The first-order chi connectivity index (χ1) is 15.4. The molecule has 0 aliphatic carbocycles. The minimum Gasteiger partial charge on any atom is -0.351 e. The Bertz CT molecular complexity index is 1200. The second-order valence-corrected chi connectivity index (χ2v) is 9.11. The van der Waals surface area contributed by atoms with Crippen molar-refractivity contribution < 1.29 is 13.6 Å². The molecule has 3 fully saturated rings. The summed E-state index contributed by atoms with van der Waals surface area (Å²) in [5, 5.41) is 14.8. The van der Waals surface area contributed by atoms with Gasteiger partial charge < -0.3 is 10.6 Å². The maximum absolute atomic E-state index is 13.0. The Morgan fingerprint density at radius 1 is 1.22 bits per heavy atom. The van der Waals surface area contributed by atoms with Crippen molar-refractivity contribution in [3.8, 4) is 0 Å². The van der Waals surface area contributed by atoms with E-state index in [-0.39, 0.29) is 18.1 Å². The van der Waals surface area contributed by atoms with Crippen LogP contribution in [0.2, 0.25) is 0 Å². The molecule has 0 radical (unpaired) electrons. The fourth-order valence-electron chi connectivity index (χ4n) is 5.86. The Balaban J connectivity index is 1.22. The van der Waals surface area contributed by atoms with Crippen LogP contribution in [0.3, 0.4) is 0 Å². The topological polar surface area (TPSA) is 98.8 Å². The van der Waals surface area contributed by atoms with E-state index in [2.05, 4.69) is 25.8 Å². The van der Waals surface area contributed by atoms with E-state index in [0.717, 1.165) is 29.4 Å². The number of piperidine rings is 2. The summed E-state index contributed by atoms with van der Waals surface area (Å²) in [5.74, 6) is 0.953. The Kier molecular flexibility index (Phi) is 4.23. The highest BCUT2D eigenvalue weighted by molar-refractivity contribution is 5.94. The number of hydrogen-bond acceptors (Lipinski definition) is 7. The number of aromatic amines is 1. The highest BCUT2D eigenvalue weighted by Gasteiger charge is 2.69. The average molecular weight is 439 g/mol. The van der Waals surface area contributed by atoms with Crippen molar-refractivity contribution >= 4 is 34.3 Å². The highest BCUT2D eigenvalue weighted by Crippen LogP contribution is 2.57. The predicted molar refractivity (Wildman–Crippen MR) is 115 cm³/mol. The summed E-state index contributed by atoms with van der Waals surface area (Å²) in [6, 6.07) is 10.1. The lowest BCUT2D eigenvalue weighted by Crippen LogP contribution is -2.84. The number of carbonyl (C=O) groups excluding carboxylic acids is 1. The maximum atomic E-state index is 13.0. The summed E-state index contributed by atoms with van der Waals surface area (Å²) in [5.41, 5.74) is 0.858. The Morgan fingerprint density at radius 3 is 2.66 bits per heavy atom. The fraction of sp³-hybridized carbons (Fsp3) is 0.455. The van der Waals surface area contributed by atoms with Crippen molar-refractivity contribution in [2.45, 2.75) is 62.7 Å². The molecule has 2 unspecified atom stereocenters. The van der Waals surface area contributed by atoms with Gasteiger partial charge in [0, 0.05) is 35.3 Å². The van der Waals surface area contributed by atoms with Crippen molar-refractivity contribution in [2.24, 2.45) is 0 Å². The minimum absolute atomic E-state index is 0.128. The monoisotopic (exact) mass is 439 g/mol. The van der Waals surface area contributed by atoms with E-state index in [4.69, 9.17) is 4.98 Å². The number of alkyl halides is 2. The number of aromatic nitrogens is 4. The summed E-state index contributed by atoms with van der Waals surface area (Å²) in [6.07, 6.45) is -0.273. The number of ketones is 1. The second-order valence-electron chi connectivity index (χ2n) is 9.11. The number of para-hydroxylation sites is 1. The summed E-state index contributed by atoms with van der Waals surface area (Å²) in [6.45, 7) is 1.93. The van der Waals surface area contributed by atoms with Crippen molar-refractivity contribution in [3.05, 3.63) is 36.0 Å². The Labute approximate surface area is 182 Å². The summed E-state index contributed by atoms with van der Waals surface area (Å²) in [7, 11) is 0. The average Bonchev–Trinajstić information content (AvgIpc) is 3.14. The zero-order valence-corrected chi connectivity index (χ0v) is 17.5. The molecule has 5 heterocycles. The number of H-pyrrole nitrogens is 1. The van der Waals surface area contributed by atoms with Crippen molar-refractivity contribution in [3.63, 3.8) is 0 Å². The van der Waals surface area contributed by atoms with Crippen molar-refractivity contribution in [1.29, 1.82) is 0 Å². The van der Waals surface area contributed by atoms with Crippen LogP contribution >= 0.6 is 0 Å². The number of nitrogens with one attached hydrogen (secondary N) is 3. The minimum atomic E-state index is -2.89. The van der Waals surface area contributed by atoms with E-state index in [1.165, 1.54) is 0 Å². The van der Waals surface area contributed by atoms with Gasteiger partial charge in [0.25, 0.3) is 6.43 Å². The molecule has 3 aliphatic heterocycles. The van der Waals surface area contributed by atoms with Crippen LogP contribution < -0.4 is 10.6 Å². The van der Waals surface area contributed by atoms with Crippen LogP contribution in [0.5, 0.6) is 0 Å². The number of nitrogens with zero attached hydrogens (tertiary/aromatic N) is 4. The van der Waals surface area contributed by atoms with Gasteiger partial charge in [0.2, 0.25) is 11.7 Å². The van der Waals surface area contributed by atoms with E-state index in [0.29, 0.717) is 30.4 Å². The molecule has 1 aromatic carbocycles. The van der Waals surface area contributed by atoms with Crippen LogP contribution in [0.25, 0.3) is 10.9 Å². The molecule has 3 aliphatic rings. The van der Waals surface area contributed by atoms with Gasteiger partial charge in [-0.2, -0.15) is 10.1 Å². The number of fused-ring (bicyclic) bond motifs is 1. The third-order valence-corrected chi connectivity index (χ3v) is 7.09. The van der Waals surface area contributed by atoms with Crippen LogP contribution in [0, 0.1) is 6.92 Å². The molecule has 2 atom stereocenters. The van der Waals surface area contributed by atoms with Gasteiger partial charge in [-0.05, 0) is 44.7 Å². The molecular weight excluding hydrogens is 416 g/mol. The van der Waals surface area contributed by atoms with Crippen LogP contribution in [-0.4, -0.2) is 60.9 Å². The lowest BCUT2D eigenvalue weighted by molar-refractivity contribution is -0.223. The maximum Gasteiger partial charge on any atom is 0.297 e. The molecule has 0 saturated carbocycles. The lowest BCUT2D eigenvalue weighted by Gasteiger charge is -2.72. The molecule has 166 valence electrons. The Hall–Kier alpha value is -3.14. The van der Waals surface area contributed by atoms with E-state index in [1.807, 2.05) is 42.2 Å². The first-order valence-electron chi connectivity index (χ1n) is 10.9. The number of rotatable bonds is 6. The summed E-state index contributed by atoms with van der Waals surface area (Å²) < 4.78 is 26.0. The molecule has 0 bridgehead atoms. The summed E-state index contributed by atoms with van der Waals surface area (Å²) in [4.78, 5) is 23.4. The first kappa shape index (κ1) is 19.5. The summed E-state index contributed by atoms with van der Waals surface area (Å²) >= 11 is 0. The molecule has 3 N–H and O–H groups in total. The number of anilines is 3. The van der Waals surface area contributed by atoms with Gasteiger partial charge >= 0.3 is 0 Å². The fourth-order valence-corrected chi connectivity index (χ4v) is 5.86. The van der Waals surface area contributed by atoms with E-state index in [9.17, 15) is 13.6 Å². The molecular formula is C22H23F2N7O. The smallest absolute Gasteiger partial charge is 0.297 e. The predicted octanol–water partition coefficient (Wildman–Crippen LogP) is 3.40. The number of halogens is 2. The van der Waals surface area contributed by atoms with Crippen LogP contribution in [0.1, 0.15) is 31.4 Å². The SMILES string of the molecule is Cc1cc(Nc2nc(NC3CC4CC5(C(=O)C(F)F)CC(C3)N45)nc3ccccc23)n[nH]1. The highest BCUT2D eigenvalue weighted by atomic mass is 19.3. The van der Waals surface area contributed by atoms with Gasteiger partial charge in [-0.15, -0.1) is 0 Å². The number of aryl methyl sites for hydroxylation is 1. The second kappa shape index (κ2) is 6.93. The van der Waals surface area contributed by atoms with Crippen molar-refractivity contribution in [1.82, 2.24) is 25.1 Å². The van der Waals surface area contributed by atoms with Gasteiger partial charge in [-0.25, -0.2) is 13.8 Å². The third kappa shape index (κ3) is 2.89. The van der Waals surface area contributed by atoms with Gasteiger partial charge in [0.1, 0.15) is 5.82 Å². The van der Waals surface area contributed by atoms with Crippen LogP contribution in [0.4, 0.5) is 26.4 Å². The van der Waals surface area contributed by atoms with Gasteiger partial charge in [0.05, 0.1) is 11.1 Å². The van der Waals surface area contributed by atoms with Crippen LogP contribution in [-0.2, 0) is 4.79 Å². The molecule has 32 heavy (non-hydrogen) atoms. The molecule has 6 rings (SSSR count). The van der Waals surface area contributed by atoms with Crippen LogP contribution in [0.15, 0.2) is 30.3 Å². The Morgan fingerprint density at radius 2 is 1.97 bits per heavy atom. The normalized spacial score (nSPS) is 28.7. The van der Waals surface area contributed by atoms with E-state index >= 15 is 0 Å². The van der Waals surface area contributed by atoms with Gasteiger partial charge in [-0.1, -0.05) is 12.1 Å². The number of hydrogen-bond donors (Lipinski definition) is 3. The molecule has 10 heteroatoms.